The summed E-state index contributed by atoms with van der Waals surface area (Å²) in [4.78, 5) is -1.06. The SMILES string of the molecule is CC(C)CNS(=O)(=O)C1C=CC=C(Br)C1(Cl)Cc1ccccc1. The predicted molar refractivity (Wildman–Crippen MR) is 100 cm³/mol. The molecule has 0 bridgehead atoms. The van der Waals surface area contributed by atoms with Crippen LogP contribution in [-0.4, -0.2) is 25.1 Å². The van der Waals surface area contributed by atoms with Gasteiger partial charge in [0.05, 0.1) is 0 Å². The van der Waals surface area contributed by atoms with E-state index in [1.165, 1.54) is 0 Å². The molecule has 1 N–H and O–H groups in total. The van der Waals surface area contributed by atoms with E-state index in [-0.39, 0.29) is 5.92 Å². The van der Waals surface area contributed by atoms with Crippen LogP contribution in [0.4, 0.5) is 0 Å². The molecule has 2 atom stereocenters. The first-order valence-electron chi connectivity index (χ1n) is 7.51. The monoisotopic (exact) mass is 417 g/mol. The Morgan fingerprint density at radius 3 is 2.57 bits per heavy atom. The maximum atomic E-state index is 12.7. The summed E-state index contributed by atoms with van der Waals surface area (Å²) in [6.45, 7) is 4.33. The third kappa shape index (κ3) is 4.47. The van der Waals surface area contributed by atoms with Gasteiger partial charge in [-0.3, -0.25) is 0 Å². The summed E-state index contributed by atoms with van der Waals surface area (Å²) >= 11 is 10.3. The summed E-state index contributed by atoms with van der Waals surface area (Å²) in [6, 6.07) is 9.68. The van der Waals surface area contributed by atoms with E-state index in [1.807, 2.05) is 50.3 Å². The van der Waals surface area contributed by atoms with E-state index in [0.717, 1.165) is 5.56 Å². The third-order valence-electron chi connectivity index (χ3n) is 3.71. The molecule has 0 radical (unpaired) electrons. The number of sulfonamides is 1. The number of nitrogens with one attached hydrogen (secondary N) is 1. The van der Waals surface area contributed by atoms with Gasteiger partial charge in [0.25, 0.3) is 0 Å². The number of benzene rings is 1. The first kappa shape index (κ1) is 18.7. The Kier molecular flexibility index (Phi) is 6.11. The molecule has 0 aliphatic heterocycles. The van der Waals surface area contributed by atoms with Crippen LogP contribution in [0.1, 0.15) is 19.4 Å². The molecule has 3 nitrogen and oxygen atoms in total. The van der Waals surface area contributed by atoms with Crippen molar-refractivity contribution in [2.45, 2.75) is 30.4 Å². The summed E-state index contributed by atoms with van der Waals surface area (Å²) in [7, 11) is -3.58. The van der Waals surface area contributed by atoms with Crippen molar-refractivity contribution in [3.63, 3.8) is 0 Å². The van der Waals surface area contributed by atoms with Crippen molar-refractivity contribution in [3.8, 4) is 0 Å². The highest BCUT2D eigenvalue weighted by Gasteiger charge is 2.46. The minimum absolute atomic E-state index is 0.232. The second-order valence-electron chi connectivity index (χ2n) is 6.13. The van der Waals surface area contributed by atoms with Crippen molar-refractivity contribution < 1.29 is 8.42 Å². The molecule has 0 amide bonds. The van der Waals surface area contributed by atoms with Gasteiger partial charge in [-0.25, -0.2) is 13.1 Å². The molecule has 1 aliphatic rings. The molecule has 1 aliphatic carbocycles. The number of rotatable bonds is 6. The number of hydrogen-bond acceptors (Lipinski definition) is 2. The lowest BCUT2D eigenvalue weighted by molar-refractivity contribution is 0.539. The molecular weight excluding hydrogens is 398 g/mol. The average molecular weight is 419 g/mol. The smallest absolute Gasteiger partial charge is 0.214 e. The van der Waals surface area contributed by atoms with Crippen LogP contribution in [0.15, 0.2) is 53.0 Å². The first-order chi connectivity index (χ1) is 10.8. The van der Waals surface area contributed by atoms with Gasteiger partial charge in [-0.05, 0) is 17.9 Å². The van der Waals surface area contributed by atoms with Crippen LogP contribution < -0.4 is 4.72 Å². The fourth-order valence-electron chi connectivity index (χ4n) is 2.47. The van der Waals surface area contributed by atoms with Crippen LogP contribution >= 0.6 is 27.5 Å². The number of halogens is 2. The highest BCUT2D eigenvalue weighted by molar-refractivity contribution is 9.11. The lowest BCUT2D eigenvalue weighted by atomic mass is 9.91. The van der Waals surface area contributed by atoms with E-state index in [1.54, 1.807) is 12.2 Å². The van der Waals surface area contributed by atoms with Crippen LogP contribution in [-0.2, 0) is 16.4 Å². The van der Waals surface area contributed by atoms with Gasteiger partial charge in [0, 0.05) is 11.0 Å². The zero-order chi connectivity index (χ0) is 17.1. The van der Waals surface area contributed by atoms with Gasteiger partial charge in [-0.1, -0.05) is 78.3 Å². The molecule has 0 saturated carbocycles. The molecule has 6 heteroatoms. The Morgan fingerprint density at radius 2 is 1.96 bits per heavy atom. The minimum Gasteiger partial charge on any atom is -0.214 e. The number of hydrogen-bond donors (Lipinski definition) is 1. The van der Waals surface area contributed by atoms with Gasteiger partial charge >= 0.3 is 0 Å². The Hall–Kier alpha value is -0.620. The van der Waals surface area contributed by atoms with Crippen molar-refractivity contribution in [1.29, 1.82) is 0 Å². The van der Waals surface area contributed by atoms with Crippen LogP contribution in [0, 0.1) is 5.92 Å². The van der Waals surface area contributed by atoms with E-state index >= 15 is 0 Å². The third-order valence-corrected chi connectivity index (χ3v) is 7.41. The van der Waals surface area contributed by atoms with E-state index < -0.39 is 20.1 Å². The fourth-order valence-corrected chi connectivity index (χ4v) is 5.55. The molecule has 0 heterocycles. The molecule has 2 rings (SSSR count). The first-order valence-corrected chi connectivity index (χ1v) is 10.2. The van der Waals surface area contributed by atoms with Gasteiger partial charge in [-0.2, -0.15) is 0 Å². The van der Waals surface area contributed by atoms with Crippen molar-refractivity contribution in [1.82, 2.24) is 4.72 Å². The van der Waals surface area contributed by atoms with Crippen molar-refractivity contribution in [2.24, 2.45) is 5.92 Å². The van der Waals surface area contributed by atoms with E-state index in [9.17, 15) is 8.42 Å². The number of alkyl halides is 1. The normalized spacial score (nSPS) is 24.7. The molecule has 0 spiro atoms. The summed E-state index contributed by atoms with van der Waals surface area (Å²) in [5, 5.41) is -0.838. The lowest BCUT2D eigenvalue weighted by Crippen LogP contribution is -2.49. The van der Waals surface area contributed by atoms with Crippen LogP contribution in [0.5, 0.6) is 0 Å². The zero-order valence-electron chi connectivity index (χ0n) is 13.2. The quantitative estimate of drug-likeness (QED) is 0.710. The van der Waals surface area contributed by atoms with Gasteiger partial charge in [0.1, 0.15) is 10.1 Å². The van der Waals surface area contributed by atoms with Crippen molar-refractivity contribution in [2.75, 3.05) is 6.54 Å². The molecule has 1 aromatic rings. The van der Waals surface area contributed by atoms with E-state index in [4.69, 9.17) is 11.6 Å². The molecule has 0 saturated heterocycles. The predicted octanol–water partition coefficient (Wildman–Crippen LogP) is 4.00. The molecule has 126 valence electrons. The molecular formula is C17H21BrClNO2S. The highest BCUT2D eigenvalue weighted by atomic mass is 79.9. The molecule has 2 unspecified atom stereocenters. The fraction of sp³-hybridized carbons (Fsp3) is 0.412. The summed E-state index contributed by atoms with van der Waals surface area (Å²) in [6.07, 6.45) is 5.62. The van der Waals surface area contributed by atoms with Gasteiger partial charge in [-0.15, -0.1) is 11.6 Å². The molecule has 0 aromatic heterocycles. The second-order valence-corrected chi connectivity index (χ2v) is 9.55. The molecule has 1 aromatic carbocycles. The Balaban J connectivity index is 2.33. The van der Waals surface area contributed by atoms with Crippen LogP contribution in [0.25, 0.3) is 0 Å². The number of allylic oxidation sites excluding steroid dienone is 3. The van der Waals surface area contributed by atoms with Crippen LogP contribution in [0.2, 0.25) is 0 Å². The summed E-state index contributed by atoms with van der Waals surface area (Å²) in [5.41, 5.74) is 0.993. The largest absolute Gasteiger partial charge is 0.220 e. The highest BCUT2D eigenvalue weighted by Crippen LogP contribution is 2.42. The van der Waals surface area contributed by atoms with E-state index in [0.29, 0.717) is 17.4 Å². The van der Waals surface area contributed by atoms with Gasteiger partial charge < -0.3 is 0 Å². The maximum absolute atomic E-state index is 12.7. The lowest BCUT2D eigenvalue weighted by Gasteiger charge is -2.35. The standard InChI is InChI=1S/C17H21BrClNO2S/c1-13(2)12-20-23(21,22)16-10-6-9-15(18)17(16,19)11-14-7-4-3-5-8-14/h3-10,13,16,20H,11-12H2,1-2H3. The van der Waals surface area contributed by atoms with E-state index in [2.05, 4.69) is 20.7 Å². The minimum atomic E-state index is -3.58. The Labute approximate surface area is 152 Å². The Bertz CT molecular complexity index is 701. The van der Waals surface area contributed by atoms with Gasteiger partial charge in [0.2, 0.25) is 10.0 Å². The maximum Gasteiger partial charge on any atom is 0.220 e. The average Bonchev–Trinajstić information content (AvgIpc) is 2.49. The molecule has 0 fully saturated rings. The topological polar surface area (TPSA) is 46.2 Å². The van der Waals surface area contributed by atoms with Crippen molar-refractivity contribution in [3.05, 3.63) is 58.6 Å². The Morgan fingerprint density at radius 1 is 1.30 bits per heavy atom. The molecule has 23 heavy (non-hydrogen) atoms. The van der Waals surface area contributed by atoms with Gasteiger partial charge in [0.15, 0.2) is 0 Å². The second kappa shape index (κ2) is 7.51. The van der Waals surface area contributed by atoms with Crippen molar-refractivity contribution >= 4 is 37.6 Å². The van der Waals surface area contributed by atoms with Crippen LogP contribution in [0.3, 0.4) is 0 Å². The zero-order valence-corrected chi connectivity index (χ0v) is 16.3. The summed E-state index contributed by atoms with van der Waals surface area (Å²) < 4.78 is 28.8. The summed E-state index contributed by atoms with van der Waals surface area (Å²) in [5.74, 6) is 0.232.